The Bertz CT molecular complexity index is 2780. The van der Waals surface area contributed by atoms with Crippen molar-refractivity contribution in [1.29, 1.82) is 0 Å². The molecule has 4 aromatic carbocycles. The zero-order valence-electron chi connectivity index (χ0n) is 33.7. The molecule has 8 rings (SSSR count). The second-order valence-electron chi connectivity index (χ2n) is 14.6. The van der Waals surface area contributed by atoms with Gasteiger partial charge < -0.3 is 19.3 Å². The molecule has 1 N–H and O–H groups in total. The average Bonchev–Trinajstić information content (AvgIpc) is 3.98. The molecule has 0 aliphatic heterocycles. The zero-order chi connectivity index (χ0) is 44.6. The van der Waals surface area contributed by atoms with Gasteiger partial charge in [-0.2, -0.15) is 0 Å². The standard InChI is InChI=1S/C25H20Cl2FNO3.C24H18Cl2FNO3/c1-31-25(30)23-7-3-6-22(29-23)19-5-2-4-18(19)20-12-16(26)10-11-24(20)32-14-15-8-9-17(27)13-21(15)28;25-15-9-10-23(31-13-14-7-8-16(26)12-20(14)27)19(11-15)17-3-1-4-18(17)21-5-2-6-22(28-21)24(29)30/h3,6-13H,2,4-5,14H2,1H3;2,5-12H,1,3-4,13H2,(H,29,30). The Labute approximate surface area is 382 Å². The van der Waals surface area contributed by atoms with Gasteiger partial charge in [-0.15, -0.1) is 0 Å². The lowest BCUT2D eigenvalue weighted by molar-refractivity contribution is 0.0593. The number of hydrogen-bond acceptors (Lipinski definition) is 7. The molecule has 0 radical (unpaired) electrons. The molecule has 2 heterocycles. The maximum Gasteiger partial charge on any atom is 0.356 e. The van der Waals surface area contributed by atoms with E-state index in [1.807, 2.05) is 18.2 Å². The molecule has 0 fully saturated rings. The van der Waals surface area contributed by atoms with Crippen molar-refractivity contribution in [2.45, 2.75) is 51.7 Å². The minimum absolute atomic E-state index is 0.00275. The summed E-state index contributed by atoms with van der Waals surface area (Å²) in [7, 11) is 1.33. The number of carbonyl (C=O) groups excluding carboxylic acids is 1. The van der Waals surface area contributed by atoms with Crippen molar-refractivity contribution in [2.24, 2.45) is 0 Å². The smallest absolute Gasteiger partial charge is 0.356 e. The van der Waals surface area contributed by atoms with Gasteiger partial charge in [-0.1, -0.05) is 70.7 Å². The van der Waals surface area contributed by atoms with E-state index in [0.29, 0.717) is 48.4 Å². The number of allylic oxidation sites excluding steroid dienone is 4. The number of hydrogen-bond donors (Lipinski definition) is 1. The highest BCUT2D eigenvalue weighted by molar-refractivity contribution is 6.31. The van der Waals surface area contributed by atoms with Crippen molar-refractivity contribution in [3.63, 3.8) is 0 Å². The number of nitrogens with zero attached hydrogens (tertiary/aromatic N) is 2. The second-order valence-corrected chi connectivity index (χ2v) is 16.3. The van der Waals surface area contributed by atoms with Crippen LogP contribution >= 0.6 is 46.4 Å². The summed E-state index contributed by atoms with van der Waals surface area (Å²) < 4.78 is 45.1. The fourth-order valence-corrected chi connectivity index (χ4v) is 8.17. The van der Waals surface area contributed by atoms with E-state index in [-0.39, 0.29) is 24.6 Å². The quantitative estimate of drug-likeness (QED) is 0.121. The SMILES string of the molecule is COC(=O)c1cccc(C2=C(c3cc(Cl)ccc3OCc3ccc(Cl)cc3F)CCC2)n1.O=C(O)c1cccc(C2=C(c3cc(Cl)ccc3OCc3ccc(Cl)cc3F)CCC2)n1. The molecule has 0 atom stereocenters. The van der Waals surface area contributed by atoms with Gasteiger partial charge in [-0.05, 0) is 146 Å². The molecule has 0 unspecified atom stereocenters. The third kappa shape index (κ3) is 11.1. The molecule has 0 saturated heterocycles. The summed E-state index contributed by atoms with van der Waals surface area (Å²) in [5.74, 6) is -1.23. The molecule has 0 saturated carbocycles. The summed E-state index contributed by atoms with van der Waals surface area (Å²) >= 11 is 24.2. The highest BCUT2D eigenvalue weighted by Gasteiger charge is 2.25. The van der Waals surface area contributed by atoms with Gasteiger partial charge in [0.15, 0.2) is 0 Å². The van der Waals surface area contributed by atoms with E-state index in [2.05, 4.69) is 9.97 Å². The molecule has 14 heteroatoms. The molecule has 2 aromatic heterocycles. The van der Waals surface area contributed by atoms with Gasteiger partial charge in [-0.25, -0.2) is 28.3 Å². The fourth-order valence-electron chi connectivity index (χ4n) is 7.51. The summed E-state index contributed by atoms with van der Waals surface area (Å²) in [6, 6.07) is 29.9. The predicted molar refractivity (Wildman–Crippen MR) is 242 cm³/mol. The summed E-state index contributed by atoms with van der Waals surface area (Å²) in [5, 5.41) is 11.1. The van der Waals surface area contributed by atoms with E-state index in [1.165, 1.54) is 25.3 Å². The maximum atomic E-state index is 14.2. The van der Waals surface area contributed by atoms with Gasteiger partial charge in [0.25, 0.3) is 0 Å². The molecular weight excluding hydrogens is 892 g/mol. The van der Waals surface area contributed by atoms with E-state index < -0.39 is 23.6 Å². The number of pyridine rings is 2. The van der Waals surface area contributed by atoms with Gasteiger partial charge in [-0.3, -0.25) is 0 Å². The number of halogens is 6. The molecule has 2 aliphatic rings. The molecular formula is C49H38Cl4F2N2O6. The summed E-state index contributed by atoms with van der Waals surface area (Å²) in [6.07, 6.45) is 5.01. The topological polar surface area (TPSA) is 108 Å². The van der Waals surface area contributed by atoms with E-state index in [9.17, 15) is 23.5 Å². The van der Waals surface area contributed by atoms with Crippen LogP contribution in [0.15, 0.2) is 109 Å². The molecule has 6 aromatic rings. The van der Waals surface area contributed by atoms with Crippen molar-refractivity contribution in [2.75, 3.05) is 7.11 Å². The maximum absolute atomic E-state index is 14.2. The molecule has 0 amide bonds. The molecule has 322 valence electrons. The normalized spacial score (nSPS) is 13.4. The van der Waals surface area contributed by atoms with E-state index in [4.69, 9.17) is 60.6 Å². The van der Waals surface area contributed by atoms with Gasteiger partial charge in [0.1, 0.15) is 47.7 Å². The predicted octanol–water partition coefficient (Wildman–Crippen LogP) is 13.9. The first-order valence-electron chi connectivity index (χ1n) is 19.8. The van der Waals surface area contributed by atoms with Crippen molar-refractivity contribution >= 4 is 80.6 Å². The number of rotatable bonds is 12. The van der Waals surface area contributed by atoms with Crippen molar-refractivity contribution in [1.82, 2.24) is 9.97 Å². The highest BCUT2D eigenvalue weighted by Crippen LogP contribution is 2.45. The van der Waals surface area contributed by atoms with Crippen LogP contribution in [0.4, 0.5) is 8.78 Å². The lowest BCUT2D eigenvalue weighted by Crippen LogP contribution is -2.05. The Balaban J connectivity index is 0.000000189. The first-order chi connectivity index (χ1) is 30.4. The number of methoxy groups -OCH3 is 1. The van der Waals surface area contributed by atoms with Crippen LogP contribution in [0, 0.1) is 11.6 Å². The van der Waals surface area contributed by atoms with Crippen LogP contribution in [-0.4, -0.2) is 34.1 Å². The minimum Gasteiger partial charge on any atom is -0.488 e. The zero-order valence-corrected chi connectivity index (χ0v) is 36.7. The van der Waals surface area contributed by atoms with E-state index in [1.54, 1.807) is 72.8 Å². The second kappa shape index (κ2) is 20.6. The van der Waals surface area contributed by atoms with Crippen LogP contribution in [0.5, 0.6) is 11.5 Å². The van der Waals surface area contributed by atoms with Crippen LogP contribution in [0.3, 0.4) is 0 Å². The van der Waals surface area contributed by atoms with Crippen LogP contribution in [0.2, 0.25) is 20.1 Å². The number of aromatic carboxylic acids is 1. The monoisotopic (exact) mass is 928 g/mol. The molecule has 0 bridgehead atoms. The minimum atomic E-state index is -1.07. The molecule has 8 nitrogen and oxygen atoms in total. The average molecular weight is 931 g/mol. The first-order valence-corrected chi connectivity index (χ1v) is 21.3. The summed E-state index contributed by atoms with van der Waals surface area (Å²) in [6.45, 7) is 0.0866. The first kappa shape index (κ1) is 45.3. The Morgan fingerprint density at radius 3 is 1.43 bits per heavy atom. The van der Waals surface area contributed by atoms with Crippen molar-refractivity contribution in [3.05, 3.63) is 186 Å². The van der Waals surface area contributed by atoms with Crippen molar-refractivity contribution in [3.8, 4) is 11.5 Å². The van der Waals surface area contributed by atoms with Gasteiger partial charge in [0.05, 0.1) is 18.5 Å². The largest absolute Gasteiger partial charge is 0.488 e. The number of carbonyl (C=O) groups is 2. The number of aromatic nitrogens is 2. The number of esters is 1. The lowest BCUT2D eigenvalue weighted by atomic mass is 9.99. The third-order valence-corrected chi connectivity index (χ3v) is 11.4. The molecule has 2 aliphatic carbocycles. The highest BCUT2D eigenvalue weighted by atomic mass is 35.5. The number of carboxylic acid groups (broad SMARTS) is 1. The third-order valence-electron chi connectivity index (χ3n) is 10.5. The Kier molecular flexibility index (Phi) is 14.8. The summed E-state index contributed by atoms with van der Waals surface area (Å²) in [4.78, 5) is 32.1. The van der Waals surface area contributed by atoms with Gasteiger partial charge in [0.2, 0.25) is 0 Å². The number of ether oxygens (including phenoxy) is 3. The van der Waals surface area contributed by atoms with Gasteiger partial charge in [0, 0.05) is 42.3 Å². The van der Waals surface area contributed by atoms with Gasteiger partial charge >= 0.3 is 11.9 Å². The lowest BCUT2D eigenvalue weighted by Gasteiger charge is -2.15. The van der Waals surface area contributed by atoms with Crippen LogP contribution in [0.25, 0.3) is 22.3 Å². The Morgan fingerprint density at radius 2 is 0.984 bits per heavy atom. The van der Waals surface area contributed by atoms with E-state index >= 15 is 0 Å². The fraction of sp³-hybridized carbons (Fsp3) is 0.184. The van der Waals surface area contributed by atoms with Crippen LogP contribution < -0.4 is 9.47 Å². The van der Waals surface area contributed by atoms with E-state index in [0.717, 1.165) is 77.6 Å². The Hall–Kier alpha value is -5.78. The number of carboxylic acids is 1. The van der Waals surface area contributed by atoms with Crippen LogP contribution in [-0.2, 0) is 18.0 Å². The molecule has 63 heavy (non-hydrogen) atoms. The number of benzene rings is 4. The van der Waals surface area contributed by atoms with Crippen molar-refractivity contribution < 1.29 is 37.7 Å². The molecule has 0 spiro atoms. The van der Waals surface area contributed by atoms with Crippen LogP contribution in [0.1, 0.15) is 93.1 Å². The Morgan fingerprint density at radius 1 is 0.571 bits per heavy atom. The summed E-state index contributed by atoms with van der Waals surface area (Å²) in [5.41, 5.74) is 8.08.